The largest absolute Gasteiger partial charge is 0.390 e. The lowest BCUT2D eigenvalue weighted by atomic mass is 10.1. The van der Waals surface area contributed by atoms with E-state index in [1.54, 1.807) is 0 Å². The summed E-state index contributed by atoms with van der Waals surface area (Å²) in [5.41, 5.74) is 2.32. The molecule has 0 unspecified atom stereocenters. The molecule has 0 aromatic heterocycles. The van der Waals surface area contributed by atoms with Gasteiger partial charge in [0.15, 0.2) is 0 Å². The normalized spacial score (nSPS) is 24.5. The molecule has 1 N–H and O–H groups in total. The van der Waals surface area contributed by atoms with E-state index >= 15 is 0 Å². The quantitative estimate of drug-likeness (QED) is 0.813. The molecule has 3 nitrogen and oxygen atoms in total. The highest BCUT2D eigenvalue weighted by atomic mass is 16.5. The lowest BCUT2D eigenvalue weighted by Crippen LogP contribution is -2.31. The molecule has 0 saturated heterocycles. The minimum atomic E-state index is -0.404. The maximum absolute atomic E-state index is 10.3. The average molecular weight is 326 g/mol. The van der Waals surface area contributed by atoms with Gasteiger partial charge >= 0.3 is 0 Å². The Morgan fingerprint density at radius 1 is 0.792 bits per heavy atom. The first-order chi connectivity index (χ1) is 11.8. The summed E-state index contributed by atoms with van der Waals surface area (Å²) in [4.78, 5) is 0. The van der Waals surface area contributed by atoms with Gasteiger partial charge in [0.2, 0.25) is 0 Å². The second kappa shape index (κ2) is 8.97. The summed E-state index contributed by atoms with van der Waals surface area (Å²) in [7, 11) is 0. The van der Waals surface area contributed by atoms with Gasteiger partial charge in [0.05, 0.1) is 31.5 Å². The third kappa shape index (κ3) is 5.17. The predicted molar refractivity (Wildman–Crippen MR) is 94.5 cm³/mol. The fourth-order valence-corrected chi connectivity index (χ4v) is 3.17. The molecule has 3 atom stereocenters. The standard InChI is InChI=1S/C21H26O3/c22-20-13-7-12-19(23-15-17-8-3-1-4-9-17)14-21(20)24-16-18-10-5-2-6-11-18/h1-6,8-11,19-22H,7,12-16H2/t19-,20-,21-/m1/s1. The van der Waals surface area contributed by atoms with Crippen LogP contribution in [0.2, 0.25) is 0 Å². The van der Waals surface area contributed by atoms with E-state index in [2.05, 4.69) is 12.1 Å². The number of ether oxygens (including phenoxy) is 2. The summed E-state index contributed by atoms with van der Waals surface area (Å²) in [5.74, 6) is 0. The lowest BCUT2D eigenvalue weighted by Gasteiger charge is -2.24. The van der Waals surface area contributed by atoms with Gasteiger partial charge < -0.3 is 14.6 Å². The summed E-state index contributed by atoms with van der Waals surface area (Å²) in [6, 6.07) is 20.3. The zero-order valence-corrected chi connectivity index (χ0v) is 14.0. The van der Waals surface area contributed by atoms with Gasteiger partial charge in [-0.05, 0) is 30.4 Å². The highest BCUT2D eigenvalue weighted by molar-refractivity contribution is 5.14. The third-order valence-corrected chi connectivity index (χ3v) is 4.59. The van der Waals surface area contributed by atoms with Crippen molar-refractivity contribution in [2.24, 2.45) is 0 Å². The Kier molecular flexibility index (Phi) is 6.41. The summed E-state index contributed by atoms with van der Waals surface area (Å²) in [6.07, 6.45) is 3.07. The monoisotopic (exact) mass is 326 g/mol. The van der Waals surface area contributed by atoms with Gasteiger partial charge in [-0.2, -0.15) is 0 Å². The number of benzene rings is 2. The molecular formula is C21H26O3. The van der Waals surface area contributed by atoms with Gasteiger partial charge in [-0.3, -0.25) is 0 Å². The second-order valence-electron chi connectivity index (χ2n) is 6.49. The fourth-order valence-electron chi connectivity index (χ4n) is 3.17. The van der Waals surface area contributed by atoms with Gasteiger partial charge in [-0.25, -0.2) is 0 Å². The number of rotatable bonds is 6. The first-order valence-electron chi connectivity index (χ1n) is 8.80. The van der Waals surface area contributed by atoms with E-state index < -0.39 is 6.10 Å². The number of aliphatic hydroxyl groups is 1. The SMILES string of the molecule is O[C@@H]1CCC[C@@H](OCc2ccccc2)C[C@H]1OCc1ccccc1. The van der Waals surface area contributed by atoms with Crippen LogP contribution in [0, 0.1) is 0 Å². The topological polar surface area (TPSA) is 38.7 Å². The van der Waals surface area contributed by atoms with Gasteiger partial charge in [0, 0.05) is 6.42 Å². The molecule has 1 aliphatic carbocycles. The van der Waals surface area contributed by atoms with Crippen LogP contribution in [-0.4, -0.2) is 23.4 Å². The third-order valence-electron chi connectivity index (χ3n) is 4.59. The van der Waals surface area contributed by atoms with Crippen LogP contribution in [0.15, 0.2) is 60.7 Å². The van der Waals surface area contributed by atoms with Crippen LogP contribution in [0.5, 0.6) is 0 Å². The molecule has 1 aliphatic rings. The molecule has 1 saturated carbocycles. The minimum Gasteiger partial charge on any atom is -0.390 e. The first-order valence-corrected chi connectivity index (χ1v) is 8.80. The van der Waals surface area contributed by atoms with E-state index in [0.717, 1.165) is 31.2 Å². The van der Waals surface area contributed by atoms with Gasteiger partial charge in [0.25, 0.3) is 0 Å². The van der Waals surface area contributed by atoms with Crippen molar-refractivity contribution in [3.05, 3.63) is 71.8 Å². The van der Waals surface area contributed by atoms with Crippen LogP contribution in [0.25, 0.3) is 0 Å². The molecular weight excluding hydrogens is 300 g/mol. The lowest BCUT2D eigenvalue weighted by molar-refractivity contribution is -0.0721. The molecule has 2 aromatic carbocycles. The Morgan fingerprint density at radius 3 is 2.00 bits per heavy atom. The summed E-state index contributed by atoms with van der Waals surface area (Å²) in [6.45, 7) is 1.15. The van der Waals surface area contributed by atoms with Gasteiger partial charge in [-0.1, -0.05) is 60.7 Å². The predicted octanol–water partition coefficient (Wildman–Crippen LogP) is 4.09. The molecule has 0 bridgehead atoms. The van der Waals surface area contributed by atoms with Crippen molar-refractivity contribution in [2.75, 3.05) is 0 Å². The fraction of sp³-hybridized carbons (Fsp3) is 0.429. The molecule has 0 spiro atoms. The zero-order valence-electron chi connectivity index (χ0n) is 14.0. The zero-order chi connectivity index (χ0) is 16.6. The van der Waals surface area contributed by atoms with E-state index in [4.69, 9.17) is 9.47 Å². The molecule has 24 heavy (non-hydrogen) atoms. The van der Waals surface area contributed by atoms with Crippen LogP contribution in [-0.2, 0) is 22.7 Å². The Hall–Kier alpha value is -1.68. The molecule has 0 heterocycles. The maximum Gasteiger partial charge on any atom is 0.0863 e. The molecule has 128 valence electrons. The van der Waals surface area contributed by atoms with Gasteiger partial charge in [-0.15, -0.1) is 0 Å². The maximum atomic E-state index is 10.3. The minimum absolute atomic E-state index is 0.142. The van der Waals surface area contributed by atoms with Crippen molar-refractivity contribution in [1.29, 1.82) is 0 Å². The Morgan fingerprint density at radius 2 is 1.38 bits per heavy atom. The number of hydrogen-bond donors (Lipinski definition) is 1. The molecule has 0 aliphatic heterocycles. The van der Waals surface area contributed by atoms with Crippen LogP contribution in [0.4, 0.5) is 0 Å². The van der Waals surface area contributed by atoms with Crippen LogP contribution in [0.1, 0.15) is 36.8 Å². The van der Waals surface area contributed by atoms with Crippen molar-refractivity contribution in [3.8, 4) is 0 Å². The molecule has 3 rings (SSSR count). The van der Waals surface area contributed by atoms with E-state index in [0.29, 0.717) is 13.2 Å². The molecule has 0 amide bonds. The van der Waals surface area contributed by atoms with Crippen LogP contribution < -0.4 is 0 Å². The molecule has 0 radical (unpaired) electrons. The van der Waals surface area contributed by atoms with Gasteiger partial charge in [0.1, 0.15) is 0 Å². The van der Waals surface area contributed by atoms with Crippen molar-refractivity contribution in [1.82, 2.24) is 0 Å². The molecule has 1 fully saturated rings. The second-order valence-corrected chi connectivity index (χ2v) is 6.49. The smallest absolute Gasteiger partial charge is 0.0863 e. The van der Waals surface area contributed by atoms with E-state index in [-0.39, 0.29) is 12.2 Å². The Bertz CT molecular complexity index is 585. The summed E-state index contributed by atoms with van der Waals surface area (Å²) in [5, 5.41) is 10.3. The highest BCUT2D eigenvalue weighted by Crippen LogP contribution is 2.25. The van der Waals surface area contributed by atoms with Crippen molar-refractivity contribution in [3.63, 3.8) is 0 Å². The Labute approximate surface area is 144 Å². The van der Waals surface area contributed by atoms with Crippen LogP contribution in [0.3, 0.4) is 0 Å². The summed E-state index contributed by atoms with van der Waals surface area (Å²) < 4.78 is 12.1. The molecule has 3 heteroatoms. The van der Waals surface area contributed by atoms with Crippen molar-refractivity contribution >= 4 is 0 Å². The van der Waals surface area contributed by atoms with Crippen molar-refractivity contribution < 1.29 is 14.6 Å². The highest BCUT2D eigenvalue weighted by Gasteiger charge is 2.28. The first kappa shape index (κ1) is 17.2. The average Bonchev–Trinajstić information content (AvgIpc) is 2.81. The number of hydrogen-bond acceptors (Lipinski definition) is 3. The van der Waals surface area contributed by atoms with E-state index in [1.807, 2.05) is 48.5 Å². The van der Waals surface area contributed by atoms with E-state index in [1.165, 1.54) is 5.56 Å². The van der Waals surface area contributed by atoms with Crippen molar-refractivity contribution in [2.45, 2.75) is 57.2 Å². The van der Waals surface area contributed by atoms with E-state index in [9.17, 15) is 5.11 Å². The Balaban J connectivity index is 1.53. The number of aliphatic hydroxyl groups excluding tert-OH is 1. The molecule has 2 aromatic rings. The summed E-state index contributed by atoms with van der Waals surface area (Å²) >= 11 is 0. The van der Waals surface area contributed by atoms with Crippen LogP contribution >= 0.6 is 0 Å².